The molecule has 30 nitrogen and oxygen atoms in total. The molecule has 13 atom stereocenters. The lowest BCUT2D eigenvalue weighted by Crippen LogP contribution is -2.59. The van der Waals surface area contributed by atoms with Crippen LogP contribution in [-0.4, -0.2) is 236 Å². The van der Waals surface area contributed by atoms with Gasteiger partial charge in [-0.05, 0) is 88.1 Å². The number of hydrazine groups is 1. The van der Waals surface area contributed by atoms with E-state index in [1.54, 1.807) is 29.3 Å². The summed E-state index contributed by atoms with van der Waals surface area (Å²) in [5.41, 5.74) is 5.39. The van der Waals surface area contributed by atoms with Gasteiger partial charge in [-0.1, -0.05) is 101 Å². The first-order chi connectivity index (χ1) is 46.2. The lowest BCUT2D eigenvalue weighted by molar-refractivity contribution is -0.149. The number of ether oxygens (including phenoxy) is 3. The Balaban J connectivity index is 1.60. The zero-order valence-corrected chi connectivity index (χ0v) is 59.3. The summed E-state index contributed by atoms with van der Waals surface area (Å²) < 4.78 is 17.5. The summed E-state index contributed by atoms with van der Waals surface area (Å²) in [5.74, 6) is -5.73. The fraction of sp³-hybridized carbons (Fsp3) is 0.703. The molecule has 1 fully saturated rings. The molecule has 1 aromatic heterocycles. The number of thiazole rings is 1. The van der Waals surface area contributed by atoms with Crippen molar-refractivity contribution in [3.05, 3.63) is 45.9 Å². The second-order valence-electron chi connectivity index (χ2n) is 24.5. The summed E-state index contributed by atoms with van der Waals surface area (Å²) in [7, 11) is 5.91. The predicted octanol–water partition coefficient (Wildman–Crippen LogP) is 2.22. The minimum absolute atomic E-state index is 0.00331. The zero-order chi connectivity index (χ0) is 72.1. The van der Waals surface area contributed by atoms with E-state index in [0.717, 1.165) is 44.2 Å². The third-order valence-corrected chi connectivity index (χ3v) is 19.8. The Kier molecular flexibility index (Phi) is 40.4. The maximum Gasteiger partial charge on any atom is 0.426 e. The van der Waals surface area contributed by atoms with Crippen molar-refractivity contribution >= 4 is 92.6 Å². The van der Waals surface area contributed by atoms with Crippen molar-refractivity contribution in [3.8, 4) is 5.75 Å². The van der Waals surface area contributed by atoms with Gasteiger partial charge < -0.3 is 86.2 Å². The number of likely N-dealkylation sites (N-methyl/N-ethyl adjacent to an activating group) is 1. The third kappa shape index (κ3) is 31.2. The SMILES string of the molecule is CCCCCOCN(C(=O)[C@@H](NC(=O)[C@H]1CCCCN1C)C(C)CC)[C@H](C[C@@H](OC)c1nc(C(=O)N[C@@H](Cc2ccc(O)cc2)C[C@H](C)C(=O)NNC(=O)OCCSSCCC(=O)NC(CCC(=O)NCC(O)C(O)C(O)C(O)CO)C(=O)NC(C=O)CCC(=O)O)cs1)C(C)C. The first-order valence-corrected chi connectivity index (χ1v) is 36.3. The van der Waals surface area contributed by atoms with E-state index in [1.807, 2.05) is 39.6 Å². The van der Waals surface area contributed by atoms with Gasteiger partial charge in [-0.25, -0.2) is 15.2 Å². The van der Waals surface area contributed by atoms with E-state index in [9.17, 15) is 73.5 Å². The van der Waals surface area contributed by atoms with Crippen molar-refractivity contribution in [1.29, 1.82) is 0 Å². The number of hydrogen-bond acceptors (Lipinski definition) is 24. The topological polar surface area (TPSA) is 444 Å². The lowest BCUT2D eigenvalue weighted by Gasteiger charge is -2.40. The van der Waals surface area contributed by atoms with Crippen LogP contribution in [0, 0.1) is 17.8 Å². The number of aliphatic hydroxyl groups excluding tert-OH is 5. The van der Waals surface area contributed by atoms with Crippen LogP contribution >= 0.6 is 32.9 Å². The maximum atomic E-state index is 15.0. The van der Waals surface area contributed by atoms with Crippen molar-refractivity contribution in [3.63, 3.8) is 0 Å². The highest BCUT2D eigenvalue weighted by Gasteiger charge is 2.39. The van der Waals surface area contributed by atoms with E-state index >= 15 is 0 Å². The number of piperidine rings is 1. The van der Waals surface area contributed by atoms with Crippen LogP contribution in [0.25, 0.3) is 0 Å². The van der Waals surface area contributed by atoms with Gasteiger partial charge in [-0.15, -0.1) is 11.3 Å². The number of carbonyl (C=O) groups is 10. The Bertz CT molecular complexity index is 2760. The highest BCUT2D eigenvalue weighted by molar-refractivity contribution is 8.76. The number of aromatic nitrogens is 1. The highest BCUT2D eigenvalue weighted by atomic mass is 33.1. The van der Waals surface area contributed by atoms with Gasteiger partial charge in [0, 0.05) is 80.8 Å². The van der Waals surface area contributed by atoms with Crippen molar-refractivity contribution < 1.29 is 97.9 Å². The number of methoxy groups -OCH3 is 1. The number of rotatable bonds is 47. The molecule has 0 spiro atoms. The van der Waals surface area contributed by atoms with E-state index in [4.69, 9.17) is 29.4 Å². The number of hydrogen-bond donors (Lipinski definition) is 14. The van der Waals surface area contributed by atoms with Crippen LogP contribution in [0.5, 0.6) is 5.75 Å². The normalized spacial score (nSPS) is 17.0. The van der Waals surface area contributed by atoms with Gasteiger partial charge in [0.25, 0.3) is 5.91 Å². The van der Waals surface area contributed by atoms with Gasteiger partial charge in [0.05, 0.1) is 24.8 Å². The number of aliphatic carboxylic acids is 1. The van der Waals surface area contributed by atoms with Crippen LogP contribution in [0.3, 0.4) is 0 Å². The Morgan fingerprint density at radius 3 is 2.16 bits per heavy atom. The number of carboxylic acids is 1. The van der Waals surface area contributed by atoms with E-state index < -0.39 is 134 Å². The molecule has 548 valence electrons. The number of nitrogens with zero attached hydrogens (tertiary/aromatic N) is 3. The van der Waals surface area contributed by atoms with E-state index in [2.05, 4.69) is 44.4 Å². The average Bonchev–Trinajstić information content (AvgIpc) is 1.75. The van der Waals surface area contributed by atoms with Gasteiger partial charge in [0.1, 0.15) is 72.6 Å². The molecule has 97 heavy (non-hydrogen) atoms. The summed E-state index contributed by atoms with van der Waals surface area (Å²) in [6.45, 7) is 11.3. The molecule has 1 aromatic carbocycles. The van der Waals surface area contributed by atoms with Crippen LogP contribution in [0.4, 0.5) is 4.79 Å². The van der Waals surface area contributed by atoms with Crippen molar-refractivity contribution in [2.45, 2.75) is 205 Å². The fourth-order valence-electron chi connectivity index (χ4n) is 10.4. The first kappa shape index (κ1) is 85.0. The van der Waals surface area contributed by atoms with E-state index in [1.165, 1.54) is 52.2 Å². The van der Waals surface area contributed by atoms with Gasteiger partial charge in [-0.2, -0.15) is 0 Å². The molecule has 0 aliphatic carbocycles. The first-order valence-electron chi connectivity index (χ1n) is 33.0. The van der Waals surface area contributed by atoms with Gasteiger partial charge in [0.2, 0.25) is 35.4 Å². The van der Waals surface area contributed by atoms with Crippen LogP contribution in [0.1, 0.15) is 159 Å². The lowest BCUT2D eigenvalue weighted by atomic mass is 9.92. The molecule has 14 N–H and O–H groups in total. The monoisotopic (exact) mass is 1430 g/mol. The number of aldehydes is 1. The minimum Gasteiger partial charge on any atom is -0.508 e. The van der Waals surface area contributed by atoms with Gasteiger partial charge >= 0.3 is 12.1 Å². The Morgan fingerprint density at radius 1 is 0.825 bits per heavy atom. The number of phenols is 1. The molecule has 33 heteroatoms. The van der Waals surface area contributed by atoms with Crippen LogP contribution in [-0.2, 0) is 59.0 Å². The molecule has 7 unspecified atom stereocenters. The smallest absolute Gasteiger partial charge is 0.426 e. The Morgan fingerprint density at radius 2 is 1.53 bits per heavy atom. The maximum absolute atomic E-state index is 15.0. The number of likely N-dealkylation sites (tertiary alicyclic amines) is 1. The number of carboxylic acid groups (broad SMARTS) is 1. The summed E-state index contributed by atoms with van der Waals surface area (Å²) >= 11 is 1.22. The summed E-state index contributed by atoms with van der Waals surface area (Å²) in [6, 6.07) is 1.49. The van der Waals surface area contributed by atoms with E-state index in [0.29, 0.717) is 30.7 Å². The molecular formula is C64H104N10O20S3. The summed E-state index contributed by atoms with van der Waals surface area (Å²) in [6.07, 6.45) is -3.73. The van der Waals surface area contributed by atoms with E-state index in [-0.39, 0.29) is 105 Å². The minimum atomic E-state index is -1.95. The molecule has 1 aliphatic rings. The van der Waals surface area contributed by atoms with Crippen LogP contribution in [0.15, 0.2) is 29.6 Å². The highest BCUT2D eigenvalue weighted by Crippen LogP contribution is 2.32. The number of unbranched alkanes of at least 4 members (excludes halogenated alkanes) is 2. The quantitative estimate of drug-likeness (QED) is 0.0148. The van der Waals surface area contributed by atoms with Crippen LogP contribution < -0.4 is 37.4 Å². The average molecular weight is 1430 g/mol. The number of benzene rings is 1. The second-order valence-corrected chi connectivity index (χ2v) is 28.1. The number of amides is 8. The Labute approximate surface area is 579 Å². The Hall–Kier alpha value is -6.27. The molecule has 3 rings (SSSR count). The number of aromatic hydroxyl groups is 1. The predicted molar refractivity (Wildman–Crippen MR) is 363 cm³/mol. The van der Waals surface area contributed by atoms with Crippen molar-refractivity contribution in [1.82, 2.24) is 52.2 Å². The summed E-state index contributed by atoms with van der Waals surface area (Å²) in [5, 5.41) is 83.0. The molecule has 2 aromatic rings. The van der Waals surface area contributed by atoms with Crippen molar-refractivity contribution in [2.75, 3.05) is 65.3 Å². The molecule has 8 amide bonds. The molecule has 0 radical (unpaired) electrons. The van der Waals surface area contributed by atoms with Gasteiger partial charge in [0.15, 0.2) is 0 Å². The number of phenolic OH excluding ortho intramolecular Hbond substituents is 1. The molecule has 1 saturated heterocycles. The molecule has 0 bridgehead atoms. The number of carbonyl (C=O) groups excluding carboxylic acids is 9. The standard InChI is InChI=1S/C64H104N10O20S3/c1-9-11-14-26-93-37-74(63(90)55(39(5)10-2)70-61(89)47-15-12-13-25-73(47)7)48(38(3)4)32-51(92-8)62-69-46(36-95-62)60(88)67-43(31-41-16-19-44(77)20-17-41)30-40(6)58(86)71-72-64(91)94-27-29-97-96-28-24-53(81)68-45(59(87)66-42(34-75)18-23-54(82)83)21-22-52(80)65-33-49(78)56(84)57(85)50(79)35-76/h16-17,19-20,34,36,38-40,42-43,45,47-51,55-57,76-79,84-85H,9-15,18,21-33,35,37H2,1-8H3,(H,65,80)(H,66,87)(H,67,88)(H,68,81)(H,70,89)(H,71,86)(H,72,91)(H,82,83)/t39?,40-,42?,43+,45?,47+,48+,49?,50?,51+,55-,56?,57?/m0/s1. The molecular weight excluding hydrogens is 1320 g/mol. The summed E-state index contributed by atoms with van der Waals surface area (Å²) in [4.78, 5) is 139. The van der Waals surface area contributed by atoms with Crippen LogP contribution in [0.2, 0.25) is 0 Å². The third-order valence-electron chi connectivity index (χ3n) is 16.5. The number of nitrogens with one attached hydrogen (secondary N) is 7. The molecule has 2 heterocycles. The van der Waals surface area contributed by atoms with Crippen molar-refractivity contribution in [2.24, 2.45) is 17.8 Å². The second kappa shape index (κ2) is 46.1. The molecule has 0 saturated carbocycles. The zero-order valence-electron chi connectivity index (χ0n) is 56.8. The largest absolute Gasteiger partial charge is 0.508 e. The molecule has 1 aliphatic heterocycles. The van der Waals surface area contributed by atoms with Gasteiger partial charge in [-0.3, -0.25) is 48.7 Å². The number of aliphatic hydroxyl groups is 5. The fourth-order valence-corrected chi connectivity index (χ4v) is 13.1.